The summed E-state index contributed by atoms with van der Waals surface area (Å²) in [7, 11) is 0. The first-order valence-electron chi connectivity index (χ1n) is 7.30. The number of nitrogens with one attached hydrogen (secondary N) is 1. The number of hydrogen-bond donors (Lipinski definition) is 1. The molecule has 0 aromatic heterocycles. The van der Waals surface area contributed by atoms with E-state index in [1.807, 2.05) is 6.92 Å². The topological polar surface area (TPSA) is 81.5 Å². The SMILES string of the molecule is CCCOc1ccc(C(=O)Nc2cc([N+](=O)[O-])ccc2C)cc1. The molecule has 0 aliphatic carbocycles. The van der Waals surface area contributed by atoms with Crippen molar-refractivity contribution in [2.75, 3.05) is 11.9 Å². The van der Waals surface area contributed by atoms with Crippen molar-refractivity contribution in [3.8, 4) is 5.75 Å². The monoisotopic (exact) mass is 314 g/mol. The zero-order valence-corrected chi connectivity index (χ0v) is 13.0. The maximum absolute atomic E-state index is 12.3. The van der Waals surface area contributed by atoms with Gasteiger partial charge in [-0.1, -0.05) is 13.0 Å². The molecule has 0 fully saturated rings. The maximum atomic E-state index is 12.3. The Morgan fingerprint density at radius 3 is 2.52 bits per heavy atom. The Morgan fingerprint density at radius 2 is 1.91 bits per heavy atom. The Bertz CT molecular complexity index is 711. The highest BCUT2D eigenvalue weighted by atomic mass is 16.6. The smallest absolute Gasteiger partial charge is 0.271 e. The Labute approximate surface area is 134 Å². The molecule has 2 rings (SSSR count). The molecule has 0 bridgehead atoms. The molecule has 120 valence electrons. The Kier molecular flexibility index (Phi) is 5.30. The lowest BCUT2D eigenvalue weighted by Crippen LogP contribution is -2.13. The van der Waals surface area contributed by atoms with Crippen LogP contribution in [0.15, 0.2) is 42.5 Å². The van der Waals surface area contributed by atoms with Crippen molar-refractivity contribution in [3.63, 3.8) is 0 Å². The van der Waals surface area contributed by atoms with E-state index in [1.54, 1.807) is 37.3 Å². The largest absolute Gasteiger partial charge is 0.494 e. The second kappa shape index (κ2) is 7.40. The molecule has 23 heavy (non-hydrogen) atoms. The van der Waals surface area contributed by atoms with E-state index in [9.17, 15) is 14.9 Å². The highest BCUT2D eigenvalue weighted by Gasteiger charge is 2.12. The van der Waals surface area contributed by atoms with Gasteiger partial charge in [-0.05, 0) is 43.2 Å². The number of anilines is 1. The molecule has 0 aliphatic rings. The fourth-order valence-corrected chi connectivity index (χ4v) is 1.98. The zero-order chi connectivity index (χ0) is 16.8. The first kappa shape index (κ1) is 16.5. The van der Waals surface area contributed by atoms with Gasteiger partial charge in [-0.2, -0.15) is 0 Å². The number of amides is 1. The number of nitro groups is 1. The summed E-state index contributed by atoms with van der Waals surface area (Å²) in [5, 5.41) is 13.5. The third-order valence-corrected chi connectivity index (χ3v) is 3.27. The quantitative estimate of drug-likeness (QED) is 0.646. The van der Waals surface area contributed by atoms with Gasteiger partial charge < -0.3 is 10.1 Å². The van der Waals surface area contributed by atoms with Crippen LogP contribution in [0.3, 0.4) is 0 Å². The molecule has 0 spiro atoms. The van der Waals surface area contributed by atoms with E-state index in [0.717, 1.165) is 12.0 Å². The van der Waals surface area contributed by atoms with Gasteiger partial charge in [-0.15, -0.1) is 0 Å². The van der Waals surface area contributed by atoms with Crippen LogP contribution in [0.5, 0.6) is 5.75 Å². The lowest BCUT2D eigenvalue weighted by atomic mass is 10.1. The summed E-state index contributed by atoms with van der Waals surface area (Å²) in [6.07, 6.45) is 0.911. The van der Waals surface area contributed by atoms with E-state index in [-0.39, 0.29) is 11.6 Å². The molecule has 6 heteroatoms. The number of non-ortho nitro benzene ring substituents is 1. The third-order valence-electron chi connectivity index (χ3n) is 3.27. The van der Waals surface area contributed by atoms with Crippen LogP contribution in [0.2, 0.25) is 0 Å². The normalized spacial score (nSPS) is 10.2. The minimum Gasteiger partial charge on any atom is -0.494 e. The molecular weight excluding hydrogens is 296 g/mol. The predicted octanol–water partition coefficient (Wildman–Crippen LogP) is 3.94. The van der Waals surface area contributed by atoms with Crippen LogP contribution in [0.1, 0.15) is 29.3 Å². The standard InChI is InChI=1S/C17H18N2O4/c1-3-10-23-15-8-5-13(6-9-15)17(20)18-16-11-14(19(21)22)7-4-12(16)2/h4-9,11H,3,10H2,1-2H3,(H,18,20). The molecule has 0 saturated carbocycles. The van der Waals surface area contributed by atoms with Gasteiger partial charge in [-0.25, -0.2) is 0 Å². The minimum absolute atomic E-state index is 0.0609. The lowest BCUT2D eigenvalue weighted by Gasteiger charge is -2.09. The summed E-state index contributed by atoms with van der Waals surface area (Å²) in [6.45, 7) is 4.42. The van der Waals surface area contributed by atoms with Crippen molar-refractivity contribution in [2.24, 2.45) is 0 Å². The van der Waals surface area contributed by atoms with E-state index in [2.05, 4.69) is 5.32 Å². The molecule has 6 nitrogen and oxygen atoms in total. The number of benzene rings is 2. The first-order chi connectivity index (χ1) is 11.0. The van der Waals surface area contributed by atoms with Crippen molar-refractivity contribution < 1.29 is 14.5 Å². The third kappa shape index (κ3) is 4.29. The number of ether oxygens (including phenoxy) is 1. The van der Waals surface area contributed by atoms with Gasteiger partial charge in [0, 0.05) is 17.7 Å². The summed E-state index contributed by atoms with van der Waals surface area (Å²) in [6, 6.07) is 11.1. The molecule has 2 aromatic carbocycles. The van der Waals surface area contributed by atoms with E-state index in [0.29, 0.717) is 23.6 Å². The van der Waals surface area contributed by atoms with Gasteiger partial charge in [-0.3, -0.25) is 14.9 Å². The number of carbonyl (C=O) groups excluding carboxylic acids is 1. The predicted molar refractivity (Wildman–Crippen MR) is 88.0 cm³/mol. The molecule has 0 heterocycles. The van der Waals surface area contributed by atoms with Crippen LogP contribution in [0.25, 0.3) is 0 Å². The summed E-state index contributed by atoms with van der Waals surface area (Å²) >= 11 is 0. The fraction of sp³-hybridized carbons (Fsp3) is 0.235. The number of aryl methyl sites for hydroxylation is 1. The van der Waals surface area contributed by atoms with E-state index in [4.69, 9.17) is 4.74 Å². The average molecular weight is 314 g/mol. The number of hydrogen-bond acceptors (Lipinski definition) is 4. The molecule has 0 unspecified atom stereocenters. The van der Waals surface area contributed by atoms with Crippen molar-refractivity contribution in [3.05, 3.63) is 63.7 Å². The molecule has 2 aromatic rings. The summed E-state index contributed by atoms with van der Waals surface area (Å²) in [5.74, 6) is 0.380. The van der Waals surface area contributed by atoms with E-state index >= 15 is 0 Å². The molecule has 0 radical (unpaired) electrons. The first-order valence-corrected chi connectivity index (χ1v) is 7.30. The van der Waals surface area contributed by atoms with Crippen LogP contribution < -0.4 is 10.1 Å². The lowest BCUT2D eigenvalue weighted by molar-refractivity contribution is -0.384. The van der Waals surface area contributed by atoms with Gasteiger partial charge in [0.2, 0.25) is 0 Å². The average Bonchev–Trinajstić information content (AvgIpc) is 2.55. The summed E-state index contributed by atoms with van der Waals surface area (Å²) in [5.41, 5.74) is 1.58. The van der Waals surface area contributed by atoms with Gasteiger partial charge in [0.15, 0.2) is 0 Å². The van der Waals surface area contributed by atoms with Crippen molar-refractivity contribution in [1.82, 2.24) is 0 Å². The highest BCUT2D eigenvalue weighted by molar-refractivity contribution is 6.04. The maximum Gasteiger partial charge on any atom is 0.271 e. The molecular formula is C17H18N2O4. The van der Waals surface area contributed by atoms with Gasteiger partial charge in [0.1, 0.15) is 5.75 Å². The molecule has 0 atom stereocenters. The molecule has 0 aliphatic heterocycles. The zero-order valence-electron chi connectivity index (χ0n) is 13.0. The van der Waals surface area contributed by atoms with Gasteiger partial charge in [0.25, 0.3) is 11.6 Å². The molecule has 0 saturated heterocycles. The van der Waals surface area contributed by atoms with E-state index < -0.39 is 4.92 Å². The van der Waals surface area contributed by atoms with Crippen LogP contribution in [-0.4, -0.2) is 17.4 Å². The van der Waals surface area contributed by atoms with Crippen molar-refractivity contribution in [1.29, 1.82) is 0 Å². The molecule has 1 N–H and O–H groups in total. The number of rotatable bonds is 6. The van der Waals surface area contributed by atoms with Crippen molar-refractivity contribution >= 4 is 17.3 Å². The van der Waals surface area contributed by atoms with Gasteiger partial charge >= 0.3 is 0 Å². The second-order valence-corrected chi connectivity index (χ2v) is 5.08. The van der Waals surface area contributed by atoms with Crippen LogP contribution in [0, 0.1) is 17.0 Å². The number of carbonyl (C=O) groups is 1. The Hall–Kier alpha value is -2.89. The van der Waals surface area contributed by atoms with E-state index in [1.165, 1.54) is 12.1 Å². The number of nitrogens with zero attached hydrogens (tertiary/aromatic N) is 1. The van der Waals surface area contributed by atoms with Crippen LogP contribution in [0.4, 0.5) is 11.4 Å². The summed E-state index contributed by atoms with van der Waals surface area (Å²) < 4.78 is 5.46. The van der Waals surface area contributed by atoms with Crippen LogP contribution >= 0.6 is 0 Å². The molecule has 1 amide bonds. The Morgan fingerprint density at radius 1 is 1.22 bits per heavy atom. The van der Waals surface area contributed by atoms with Crippen molar-refractivity contribution in [2.45, 2.75) is 20.3 Å². The minimum atomic E-state index is -0.491. The van der Waals surface area contributed by atoms with Crippen LogP contribution in [-0.2, 0) is 0 Å². The second-order valence-electron chi connectivity index (χ2n) is 5.08. The number of nitro benzene ring substituents is 1. The van der Waals surface area contributed by atoms with Gasteiger partial charge in [0.05, 0.1) is 17.2 Å². The fourth-order valence-electron chi connectivity index (χ4n) is 1.98. The summed E-state index contributed by atoms with van der Waals surface area (Å²) in [4.78, 5) is 22.6. The highest BCUT2D eigenvalue weighted by Crippen LogP contribution is 2.22. The Balaban J connectivity index is 2.12.